The fourth-order valence-electron chi connectivity index (χ4n) is 2.62. The Bertz CT molecular complexity index is 1090. The van der Waals surface area contributed by atoms with Crippen molar-refractivity contribution >= 4 is 34.6 Å². The van der Waals surface area contributed by atoms with Gasteiger partial charge in [0.2, 0.25) is 0 Å². The average molecular weight is 418 g/mol. The lowest BCUT2D eigenvalue weighted by Crippen LogP contribution is -2.20. The molecular weight excluding hydrogens is 396 g/mol. The van der Waals surface area contributed by atoms with Crippen molar-refractivity contribution in [2.45, 2.75) is 13.8 Å². The van der Waals surface area contributed by atoms with Crippen molar-refractivity contribution in [1.29, 1.82) is 0 Å². The minimum absolute atomic E-state index is 0.0641. The number of anilines is 2. The maximum atomic E-state index is 12.3. The monoisotopic (exact) mass is 418 g/mol. The highest BCUT2D eigenvalue weighted by atomic mass is 16.4. The van der Waals surface area contributed by atoms with Crippen molar-refractivity contribution in [2.24, 2.45) is 10.2 Å². The quantitative estimate of drug-likeness (QED) is 0.276. The zero-order valence-electron chi connectivity index (χ0n) is 17.0. The Morgan fingerprint density at radius 1 is 0.742 bits per heavy atom. The van der Waals surface area contributed by atoms with Crippen LogP contribution in [0.5, 0.6) is 0 Å². The van der Waals surface area contributed by atoms with Gasteiger partial charge < -0.3 is 15.9 Å². The molecule has 9 nitrogen and oxygen atoms in total. The summed E-state index contributed by atoms with van der Waals surface area (Å²) in [6, 6.07) is 17.0. The molecule has 9 heteroatoms. The number of amides is 2. The number of nitrogens with two attached hydrogens (primary N) is 2. The Morgan fingerprint density at radius 2 is 1.16 bits per heavy atom. The van der Waals surface area contributed by atoms with Crippen LogP contribution < -0.4 is 22.3 Å². The van der Waals surface area contributed by atoms with Crippen molar-refractivity contribution in [3.8, 4) is 0 Å². The number of hydrogen-bond donors (Lipinski definition) is 4. The van der Waals surface area contributed by atoms with E-state index in [2.05, 4.69) is 21.1 Å². The van der Waals surface area contributed by atoms with Gasteiger partial charge in [0.05, 0.1) is 11.4 Å². The first-order chi connectivity index (χ1) is 14.8. The highest BCUT2D eigenvalue weighted by Crippen LogP contribution is 2.10. The van der Waals surface area contributed by atoms with Gasteiger partial charge in [-0.3, -0.25) is 9.59 Å². The van der Waals surface area contributed by atoms with E-state index in [9.17, 15) is 9.59 Å². The van der Waals surface area contributed by atoms with Crippen LogP contribution in [0.2, 0.25) is 0 Å². The predicted octanol–water partition coefficient (Wildman–Crippen LogP) is 2.75. The van der Waals surface area contributed by atoms with Gasteiger partial charge in [-0.1, -0.05) is 24.3 Å². The molecule has 3 rings (SSSR count). The third-order valence-corrected chi connectivity index (χ3v) is 4.31. The minimum atomic E-state index is -0.596. The average Bonchev–Trinajstić information content (AvgIpc) is 3.26. The summed E-state index contributed by atoms with van der Waals surface area (Å²) in [7, 11) is 0. The second-order valence-corrected chi connectivity index (χ2v) is 6.69. The van der Waals surface area contributed by atoms with Crippen LogP contribution in [-0.4, -0.2) is 23.2 Å². The number of carbonyl (C=O) groups excluding carboxylic acids is 2. The van der Waals surface area contributed by atoms with E-state index in [1.807, 2.05) is 12.1 Å². The smallest absolute Gasteiger partial charge is 0.307 e. The van der Waals surface area contributed by atoms with Crippen LogP contribution in [-0.2, 0) is 0 Å². The summed E-state index contributed by atoms with van der Waals surface area (Å²) in [5.74, 6) is -1.32. The molecule has 2 amide bonds. The van der Waals surface area contributed by atoms with E-state index in [0.717, 1.165) is 11.1 Å². The van der Waals surface area contributed by atoms with Gasteiger partial charge in [0.1, 0.15) is 0 Å². The van der Waals surface area contributed by atoms with Gasteiger partial charge >= 0.3 is 11.8 Å². The molecule has 0 saturated carbocycles. The Kier molecular flexibility index (Phi) is 6.46. The maximum absolute atomic E-state index is 12.3. The van der Waals surface area contributed by atoms with Crippen LogP contribution in [0.15, 0.2) is 75.3 Å². The molecule has 0 saturated heterocycles. The normalized spacial score (nSPS) is 11.8. The molecule has 158 valence electrons. The molecule has 1 aromatic heterocycles. The van der Waals surface area contributed by atoms with E-state index in [-0.39, 0.29) is 11.5 Å². The Labute approximate surface area is 178 Å². The summed E-state index contributed by atoms with van der Waals surface area (Å²) < 4.78 is 5.32. The van der Waals surface area contributed by atoms with Gasteiger partial charge in [-0.2, -0.15) is 10.2 Å². The molecule has 2 aromatic carbocycles. The maximum Gasteiger partial charge on any atom is 0.307 e. The van der Waals surface area contributed by atoms with Gasteiger partial charge in [0.25, 0.3) is 0 Å². The van der Waals surface area contributed by atoms with E-state index in [1.165, 1.54) is 12.1 Å². The standard InChI is InChI=1S/C22H22N6O3/c1-13(15-5-3-7-17(23)11-15)25-27-21(29)19-9-10-20(31-19)22(30)28-26-14(2)16-6-4-8-18(24)12-16/h3-12H,23-24H2,1-2H3,(H,27,29)(H,28,30)/b25-13+,26-14+. The number of furan rings is 1. The van der Waals surface area contributed by atoms with E-state index in [0.29, 0.717) is 22.8 Å². The molecule has 1 heterocycles. The number of carbonyl (C=O) groups is 2. The van der Waals surface area contributed by atoms with E-state index in [4.69, 9.17) is 15.9 Å². The zero-order valence-corrected chi connectivity index (χ0v) is 17.0. The summed E-state index contributed by atoms with van der Waals surface area (Å²) in [5.41, 5.74) is 20.1. The van der Waals surface area contributed by atoms with Gasteiger partial charge in [-0.25, -0.2) is 10.9 Å². The summed E-state index contributed by atoms with van der Waals surface area (Å²) in [4.78, 5) is 24.5. The number of nitrogens with one attached hydrogen (secondary N) is 2. The molecule has 3 aromatic rings. The number of rotatable bonds is 6. The Morgan fingerprint density at radius 3 is 1.55 bits per heavy atom. The molecular formula is C22H22N6O3. The van der Waals surface area contributed by atoms with Crippen LogP contribution in [0.1, 0.15) is 46.1 Å². The van der Waals surface area contributed by atoms with Crippen molar-refractivity contribution in [3.63, 3.8) is 0 Å². The van der Waals surface area contributed by atoms with Crippen LogP contribution in [0, 0.1) is 0 Å². The molecule has 6 N–H and O–H groups in total. The van der Waals surface area contributed by atoms with Crippen LogP contribution in [0.4, 0.5) is 11.4 Å². The minimum Gasteiger partial charge on any atom is -0.446 e. The second kappa shape index (κ2) is 9.40. The SMILES string of the molecule is C/C(=N\NC(=O)c1ccc(C(=O)N/N=C(\C)c2cccc(N)c2)o1)c1cccc(N)c1. The molecule has 0 atom stereocenters. The highest BCUT2D eigenvalue weighted by Gasteiger charge is 2.15. The van der Waals surface area contributed by atoms with Crippen molar-refractivity contribution in [3.05, 3.63) is 83.3 Å². The molecule has 0 aliphatic carbocycles. The highest BCUT2D eigenvalue weighted by molar-refractivity contribution is 6.02. The van der Waals surface area contributed by atoms with E-state index >= 15 is 0 Å². The van der Waals surface area contributed by atoms with Crippen LogP contribution in [0.25, 0.3) is 0 Å². The third kappa shape index (κ3) is 5.57. The zero-order chi connectivity index (χ0) is 22.4. The molecule has 0 aliphatic rings. The largest absolute Gasteiger partial charge is 0.446 e. The number of hydrazone groups is 2. The number of nitrogens with zero attached hydrogens (tertiary/aromatic N) is 2. The van der Waals surface area contributed by atoms with E-state index < -0.39 is 11.8 Å². The van der Waals surface area contributed by atoms with Gasteiger partial charge in [0.15, 0.2) is 11.5 Å². The molecule has 0 aliphatic heterocycles. The number of hydrogen-bond acceptors (Lipinski definition) is 7. The summed E-state index contributed by atoms with van der Waals surface area (Å²) in [6.45, 7) is 3.47. The molecule has 0 unspecified atom stereocenters. The van der Waals surface area contributed by atoms with Crippen molar-refractivity contribution < 1.29 is 14.0 Å². The van der Waals surface area contributed by atoms with Gasteiger partial charge in [0, 0.05) is 11.4 Å². The lowest BCUT2D eigenvalue weighted by atomic mass is 10.1. The molecule has 31 heavy (non-hydrogen) atoms. The first-order valence-corrected chi connectivity index (χ1v) is 9.34. The van der Waals surface area contributed by atoms with Gasteiger partial charge in [-0.05, 0) is 61.4 Å². The van der Waals surface area contributed by atoms with Crippen LogP contribution >= 0.6 is 0 Å². The Hall–Kier alpha value is -4.40. The van der Waals surface area contributed by atoms with E-state index in [1.54, 1.807) is 50.2 Å². The van der Waals surface area contributed by atoms with Gasteiger partial charge in [-0.15, -0.1) is 0 Å². The first-order valence-electron chi connectivity index (χ1n) is 9.34. The fourth-order valence-corrected chi connectivity index (χ4v) is 2.62. The van der Waals surface area contributed by atoms with Crippen molar-refractivity contribution in [2.75, 3.05) is 11.5 Å². The topological polar surface area (TPSA) is 148 Å². The van der Waals surface area contributed by atoms with Crippen LogP contribution in [0.3, 0.4) is 0 Å². The summed E-state index contributed by atoms with van der Waals surface area (Å²) in [5, 5.41) is 8.07. The van der Waals surface area contributed by atoms with Crippen molar-refractivity contribution in [1.82, 2.24) is 10.9 Å². The fraction of sp³-hybridized carbons (Fsp3) is 0.0909. The predicted molar refractivity (Wildman–Crippen MR) is 120 cm³/mol. The second-order valence-electron chi connectivity index (χ2n) is 6.69. The summed E-state index contributed by atoms with van der Waals surface area (Å²) >= 11 is 0. The molecule has 0 fully saturated rings. The summed E-state index contributed by atoms with van der Waals surface area (Å²) in [6.07, 6.45) is 0. The first kappa shape index (κ1) is 21.3. The molecule has 0 bridgehead atoms. The molecule has 0 radical (unpaired) electrons. The molecule has 0 spiro atoms. The number of nitrogen functional groups attached to an aromatic ring is 2. The third-order valence-electron chi connectivity index (χ3n) is 4.31. The lowest BCUT2D eigenvalue weighted by molar-refractivity contribution is 0.0902. The number of benzene rings is 2. The Balaban J connectivity index is 1.62. The lowest BCUT2D eigenvalue weighted by Gasteiger charge is -2.03.